The van der Waals surface area contributed by atoms with Gasteiger partial charge in [0, 0.05) is 0 Å². The number of ether oxygens (including phenoxy) is 2. The smallest absolute Gasteiger partial charge is 1.00 e. The summed E-state index contributed by atoms with van der Waals surface area (Å²) in [6.45, 7) is 0. The maximum atomic E-state index is 5.27. The Bertz CT molecular complexity index is 1040. The van der Waals surface area contributed by atoms with Crippen LogP contribution in [0, 0.1) is 0 Å². The summed E-state index contributed by atoms with van der Waals surface area (Å²) in [5.74, 6) is 2.77. The van der Waals surface area contributed by atoms with Gasteiger partial charge < -0.3 is 46.7 Å². The van der Waals surface area contributed by atoms with Gasteiger partial charge in [-0.15, -0.1) is 0 Å². The number of amidine groups is 2. The first-order valence-corrected chi connectivity index (χ1v) is 8.92. The summed E-state index contributed by atoms with van der Waals surface area (Å²) in [6.07, 6.45) is 11.5. The van der Waals surface area contributed by atoms with Gasteiger partial charge in [0.2, 0.25) is 0 Å². The molecule has 1 aromatic rings. The summed E-state index contributed by atoms with van der Waals surface area (Å²) >= 11 is 0. The number of nitrogens with zero attached hydrogens (tertiary/aromatic N) is 5. The van der Waals surface area contributed by atoms with Crippen LogP contribution in [0.15, 0.2) is 86.1 Å². The molecule has 0 saturated carbocycles. The minimum atomic E-state index is -0.130. The maximum absolute atomic E-state index is 5.27. The molecule has 1 aromatic heterocycles. The number of methoxy groups -OCH3 is 2. The van der Waals surface area contributed by atoms with Gasteiger partial charge in [-0.05, 0) is 48.6 Å². The topological polar surface area (TPSA) is 80.8 Å². The first-order chi connectivity index (χ1) is 13.7. The van der Waals surface area contributed by atoms with Crippen molar-refractivity contribution < 1.29 is 63.8 Å². The van der Waals surface area contributed by atoms with Crippen molar-refractivity contribution in [1.29, 1.82) is 0 Å². The number of pyridine rings is 1. The van der Waals surface area contributed by atoms with Gasteiger partial charge in [0.15, 0.2) is 11.7 Å². The van der Waals surface area contributed by atoms with Gasteiger partial charge in [-0.2, -0.15) is 0 Å². The second-order valence-electron chi connectivity index (χ2n) is 6.49. The number of halogens is 3. The van der Waals surface area contributed by atoms with Crippen molar-refractivity contribution in [2.75, 3.05) is 14.2 Å². The molecule has 0 N–H and O–H groups in total. The molecule has 2 unspecified atom stereocenters. The summed E-state index contributed by atoms with van der Waals surface area (Å²) in [6, 6.07) is 5.45. The van der Waals surface area contributed by atoms with Gasteiger partial charge in [-0.25, -0.2) is 15.0 Å². The van der Waals surface area contributed by atoms with Crippen molar-refractivity contribution in [3.63, 3.8) is 0 Å². The zero-order valence-corrected chi connectivity index (χ0v) is 20.3. The molecule has 7 nitrogen and oxygen atoms in total. The predicted molar refractivity (Wildman–Crippen MR) is 108 cm³/mol. The van der Waals surface area contributed by atoms with Crippen LogP contribution in [-0.4, -0.2) is 54.4 Å². The van der Waals surface area contributed by atoms with E-state index in [9.17, 15) is 0 Å². The van der Waals surface area contributed by atoms with E-state index < -0.39 is 0 Å². The number of hydrogen-bond donors (Lipinski definition) is 0. The molecule has 0 spiro atoms. The molecule has 0 aromatic carbocycles. The largest absolute Gasteiger partial charge is 3.00 e. The second kappa shape index (κ2) is 11.6. The molecule has 0 saturated heterocycles. The maximum Gasteiger partial charge on any atom is 3.00 e. The fourth-order valence-electron chi connectivity index (χ4n) is 3.31. The van der Waals surface area contributed by atoms with Crippen molar-refractivity contribution in [3.8, 4) is 0 Å². The Hall–Kier alpha value is -2.22. The zero-order valence-electron chi connectivity index (χ0n) is 16.9. The number of fused-ring (bicyclic) bond motifs is 2. The summed E-state index contributed by atoms with van der Waals surface area (Å²) in [5.41, 5.74) is 3.16. The van der Waals surface area contributed by atoms with E-state index >= 15 is 0 Å². The molecule has 0 bridgehead atoms. The zero-order chi connectivity index (χ0) is 19.1. The van der Waals surface area contributed by atoms with E-state index in [1.807, 2.05) is 54.7 Å². The predicted octanol–water partition coefficient (Wildman–Crippen LogP) is -6.57. The quantitative estimate of drug-likeness (QED) is 0.361. The summed E-state index contributed by atoms with van der Waals surface area (Å²) < 4.78 is 10.5. The van der Waals surface area contributed by atoms with E-state index in [-0.39, 0.29) is 66.4 Å². The molecule has 4 aliphatic rings. The molecule has 5 rings (SSSR count). The van der Waals surface area contributed by atoms with Crippen molar-refractivity contribution in [2.24, 2.45) is 20.0 Å². The molecule has 3 heterocycles. The van der Waals surface area contributed by atoms with Gasteiger partial charge in [-0.1, -0.05) is 6.07 Å². The molecule has 1 radical (unpaired) electrons. The van der Waals surface area contributed by atoms with Crippen molar-refractivity contribution in [2.45, 2.75) is 12.1 Å². The van der Waals surface area contributed by atoms with Crippen LogP contribution in [0.4, 0.5) is 0 Å². The Balaban J connectivity index is 0.00000128. The Labute approximate surface area is 215 Å². The van der Waals surface area contributed by atoms with E-state index in [2.05, 4.69) is 20.0 Å². The van der Waals surface area contributed by atoms with Gasteiger partial charge in [-0.3, -0.25) is 9.98 Å². The summed E-state index contributed by atoms with van der Waals surface area (Å²) in [5, 5.41) is 0. The minimum absolute atomic E-state index is 0. The molecule has 2 atom stereocenters. The van der Waals surface area contributed by atoms with E-state index in [1.165, 1.54) is 0 Å². The number of hydrogen-bond acceptors (Lipinski definition) is 7. The summed E-state index contributed by atoms with van der Waals surface area (Å²) in [4.78, 5) is 23.3. The Morgan fingerprint density at radius 2 is 1.12 bits per heavy atom. The van der Waals surface area contributed by atoms with Crippen LogP contribution in [0.25, 0.3) is 0 Å². The molecule has 11 heteroatoms. The van der Waals surface area contributed by atoms with Gasteiger partial charge in [0.25, 0.3) is 0 Å². The van der Waals surface area contributed by atoms with Crippen molar-refractivity contribution in [3.05, 3.63) is 77.6 Å². The monoisotopic (exact) mass is 532 g/mol. The molecular formula is C21H17Cl3FeN5O2. The Morgan fingerprint density at radius 1 is 0.688 bits per heavy atom. The van der Waals surface area contributed by atoms with Gasteiger partial charge in [0.1, 0.15) is 35.0 Å². The molecule has 32 heavy (non-hydrogen) atoms. The second-order valence-corrected chi connectivity index (χ2v) is 6.49. The number of aliphatic imine (C=N–C) groups is 4. The molecule has 0 fully saturated rings. The molecule has 2 aliphatic heterocycles. The van der Waals surface area contributed by atoms with Gasteiger partial charge >= 0.3 is 17.1 Å². The standard InChI is InChI=1S/C21H17N5O2.3ClH.Fe/c1-27-12-6-8-14-18(10-12)25-20(23-14)16-4-3-5-17(22-16)21-24-15-9-7-13(28-2)11-19(15)26-21;;;;/h3-11,18-19H,1-2H3;3*1H;/q;;;;+3/p-3. The van der Waals surface area contributed by atoms with Crippen LogP contribution < -0.4 is 37.2 Å². The first-order valence-electron chi connectivity index (χ1n) is 8.92. The SMILES string of the molecule is COC1=CC2N=C(c3cccc(C4=NC5C=C(OC)C=CC5=N4)n3)N=C2C=C1.[Cl-].[Cl-].[Cl-].[Fe+3]. The average Bonchev–Trinajstić information content (AvgIpc) is 3.36. The average molecular weight is 534 g/mol. The van der Waals surface area contributed by atoms with Crippen LogP contribution in [-0.2, 0) is 26.5 Å². The third kappa shape index (κ3) is 5.22. The van der Waals surface area contributed by atoms with Crippen LogP contribution in [0.5, 0.6) is 0 Å². The Morgan fingerprint density at radius 3 is 1.53 bits per heavy atom. The van der Waals surface area contributed by atoms with Crippen molar-refractivity contribution in [1.82, 2.24) is 4.98 Å². The molecule has 2 aliphatic carbocycles. The van der Waals surface area contributed by atoms with Crippen LogP contribution in [0.3, 0.4) is 0 Å². The van der Waals surface area contributed by atoms with E-state index in [1.54, 1.807) is 14.2 Å². The minimum Gasteiger partial charge on any atom is -1.00 e. The third-order valence-corrected chi connectivity index (χ3v) is 4.76. The molecule has 0 amide bonds. The number of aromatic nitrogens is 1. The van der Waals surface area contributed by atoms with E-state index in [0.717, 1.165) is 22.9 Å². The van der Waals surface area contributed by atoms with Crippen LogP contribution >= 0.6 is 0 Å². The van der Waals surface area contributed by atoms with Crippen LogP contribution in [0.1, 0.15) is 11.4 Å². The third-order valence-electron chi connectivity index (χ3n) is 4.76. The Kier molecular flexibility index (Phi) is 10.1. The van der Waals surface area contributed by atoms with Gasteiger partial charge in [0.05, 0.1) is 25.6 Å². The van der Waals surface area contributed by atoms with Crippen LogP contribution in [0.2, 0.25) is 0 Å². The number of allylic oxidation sites excluding steroid dienone is 2. The molecular weight excluding hydrogens is 516 g/mol. The summed E-state index contributed by atoms with van der Waals surface area (Å²) in [7, 11) is 3.29. The van der Waals surface area contributed by atoms with Crippen molar-refractivity contribution >= 4 is 23.1 Å². The fourth-order valence-corrected chi connectivity index (χ4v) is 3.31. The van der Waals surface area contributed by atoms with E-state index in [4.69, 9.17) is 14.5 Å². The van der Waals surface area contributed by atoms with E-state index in [0.29, 0.717) is 23.1 Å². The number of rotatable bonds is 4. The fraction of sp³-hybridized carbons (Fsp3) is 0.190. The molecule has 167 valence electrons. The normalized spacial score (nSPS) is 21.3. The first kappa shape index (κ1) is 27.8.